The number of piperidine rings is 1. The fourth-order valence-corrected chi connectivity index (χ4v) is 4.25. The Morgan fingerprint density at radius 3 is 2.77 bits per heavy atom. The van der Waals surface area contributed by atoms with Crippen LogP contribution in [0.2, 0.25) is 10.0 Å². The quantitative estimate of drug-likeness (QED) is 0.441. The summed E-state index contributed by atoms with van der Waals surface area (Å²) >= 11 is 12.5. The zero-order valence-electron chi connectivity index (χ0n) is 17.1. The molecule has 1 atom stereocenters. The molecule has 2 aromatic carbocycles. The van der Waals surface area contributed by atoms with Crippen molar-refractivity contribution in [3.05, 3.63) is 64.3 Å². The largest absolute Gasteiger partial charge is 0.350 e. The van der Waals surface area contributed by atoms with Crippen LogP contribution in [0.25, 0.3) is 28.2 Å². The lowest BCUT2D eigenvalue weighted by molar-refractivity contribution is 0.478. The highest BCUT2D eigenvalue weighted by atomic mass is 35.5. The molecular weight excluding hydrogens is 431 g/mol. The molecule has 0 unspecified atom stereocenters. The third-order valence-corrected chi connectivity index (χ3v) is 6.23. The Kier molecular flexibility index (Phi) is 5.52. The molecule has 0 amide bonds. The van der Waals surface area contributed by atoms with Crippen LogP contribution in [-0.4, -0.2) is 38.7 Å². The second-order valence-corrected chi connectivity index (χ2v) is 8.63. The maximum Gasteiger partial charge on any atom is 0.224 e. The lowest BCUT2D eigenvalue weighted by Gasteiger charge is -2.23. The summed E-state index contributed by atoms with van der Waals surface area (Å²) in [5, 5.41) is 7.88. The summed E-state index contributed by atoms with van der Waals surface area (Å²) in [6, 6.07) is 14.0. The number of halogens is 2. The average molecular weight is 453 g/mol. The number of hydrogen-bond acceptors (Lipinski definition) is 5. The fourth-order valence-electron chi connectivity index (χ4n) is 3.95. The molecule has 3 heterocycles. The smallest absolute Gasteiger partial charge is 0.224 e. The van der Waals surface area contributed by atoms with Crippen molar-refractivity contribution in [1.82, 2.24) is 24.8 Å². The van der Waals surface area contributed by atoms with E-state index in [1.165, 1.54) is 0 Å². The monoisotopic (exact) mass is 452 g/mol. The van der Waals surface area contributed by atoms with Gasteiger partial charge >= 0.3 is 0 Å². The van der Waals surface area contributed by atoms with Gasteiger partial charge in [0.05, 0.1) is 21.1 Å². The molecule has 5 rings (SSSR count). The SMILES string of the molecule is Cc1ccc2nc(-c3ccc(Cl)c(Cl)c3)n(-c3ccnc(N[C@H]4CCCNC4)n3)c2c1. The van der Waals surface area contributed by atoms with Crippen molar-refractivity contribution in [1.29, 1.82) is 0 Å². The number of anilines is 1. The van der Waals surface area contributed by atoms with Gasteiger partial charge in [0.15, 0.2) is 0 Å². The van der Waals surface area contributed by atoms with E-state index in [-0.39, 0.29) is 0 Å². The molecule has 0 spiro atoms. The van der Waals surface area contributed by atoms with Crippen LogP contribution < -0.4 is 10.6 Å². The maximum absolute atomic E-state index is 6.31. The van der Waals surface area contributed by atoms with Crippen LogP contribution in [0.15, 0.2) is 48.7 Å². The van der Waals surface area contributed by atoms with Gasteiger partial charge in [0.25, 0.3) is 0 Å². The standard InChI is InChI=1S/C23H22Cl2N6/c1-14-4-7-19-20(11-14)31(22(29-19)15-5-6-17(24)18(25)12-15)21-8-10-27-23(30-21)28-16-3-2-9-26-13-16/h4-8,10-12,16,26H,2-3,9,13H2,1H3,(H,27,28,30)/t16-/m0/s1. The Labute approximate surface area is 190 Å². The molecule has 0 saturated carbocycles. The molecule has 1 saturated heterocycles. The summed E-state index contributed by atoms with van der Waals surface area (Å²) in [6.07, 6.45) is 4.02. The van der Waals surface area contributed by atoms with Gasteiger partial charge in [0, 0.05) is 24.3 Å². The minimum absolute atomic E-state index is 0.320. The first kappa shape index (κ1) is 20.2. The van der Waals surface area contributed by atoms with Gasteiger partial charge in [-0.1, -0.05) is 29.3 Å². The third-order valence-electron chi connectivity index (χ3n) is 5.49. The van der Waals surface area contributed by atoms with E-state index < -0.39 is 0 Å². The Hall–Kier alpha value is -2.67. The van der Waals surface area contributed by atoms with Crippen molar-refractivity contribution in [2.75, 3.05) is 18.4 Å². The van der Waals surface area contributed by atoms with Gasteiger partial charge < -0.3 is 10.6 Å². The van der Waals surface area contributed by atoms with E-state index >= 15 is 0 Å². The van der Waals surface area contributed by atoms with Gasteiger partial charge in [-0.05, 0) is 68.3 Å². The Bertz CT molecular complexity index is 1250. The lowest BCUT2D eigenvalue weighted by atomic mass is 10.1. The predicted molar refractivity (Wildman–Crippen MR) is 126 cm³/mol. The van der Waals surface area contributed by atoms with Gasteiger partial charge in [0.1, 0.15) is 11.6 Å². The molecule has 0 radical (unpaired) electrons. The molecule has 31 heavy (non-hydrogen) atoms. The van der Waals surface area contributed by atoms with E-state index in [0.29, 0.717) is 22.0 Å². The number of rotatable bonds is 4. The molecule has 0 aliphatic carbocycles. The third kappa shape index (κ3) is 4.11. The van der Waals surface area contributed by atoms with Crippen LogP contribution in [0, 0.1) is 6.92 Å². The molecule has 1 fully saturated rings. The molecule has 2 N–H and O–H groups in total. The van der Waals surface area contributed by atoms with Gasteiger partial charge in [-0.3, -0.25) is 4.57 Å². The van der Waals surface area contributed by atoms with Gasteiger partial charge in [-0.2, -0.15) is 4.98 Å². The van der Waals surface area contributed by atoms with Crippen molar-refractivity contribution in [2.24, 2.45) is 0 Å². The molecule has 158 valence electrons. The highest BCUT2D eigenvalue weighted by Crippen LogP contribution is 2.32. The van der Waals surface area contributed by atoms with Crippen molar-refractivity contribution in [3.8, 4) is 17.2 Å². The van der Waals surface area contributed by atoms with Gasteiger partial charge in [0.2, 0.25) is 5.95 Å². The van der Waals surface area contributed by atoms with Crippen LogP contribution in [0.3, 0.4) is 0 Å². The number of aryl methyl sites for hydroxylation is 1. The number of benzene rings is 2. The minimum atomic E-state index is 0.320. The predicted octanol–water partition coefficient (Wildman–Crippen LogP) is 5.26. The molecule has 4 aromatic rings. The highest BCUT2D eigenvalue weighted by molar-refractivity contribution is 6.42. The molecule has 0 bridgehead atoms. The topological polar surface area (TPSA) is 67.7 Å². The second-order valence-electron chi connectivity index (χ2n) is 7.82. The number of fused-ring (bicyclic) bond motifs is 1. The normalized spacial score (nSPS) is 16.5. The Morgan fingerprint density at radius 2 is 1.97 bits per heavy atom. The van der Waals surface area contributed by atoms with Crippen LogP contribution in [0.1, 0.15) is 18.4 Å². The van der Waals surface area contributed by atoms with Crippen LogP contribution >= 0.6 is 23.2 Å². The van der Waals surface area contributed by atoms with E-state index in [2.05, 4.69) is 34.7 Å². The fraction of sp³-hybridized carbons (Fsp3) is 0.261. The summed E-state index contributed by atoms with van der Waals surface area (Å²) in [5.41, 5.74) is 3.88. The molecule has 1 aliphatic rings. The number of aromatic nitrogens is 4. The summed E-state index contributed by atoms with van der Waals surface area (Å²) in [6.45, 7) is 4.04. The van der Waals surface area contributed by atoms with Crippen LogP contribution in [-0.2, 0) is 0 Å². The number of nitrogens with zero attached hydrogens (tertiary/aromatic N) is 4. The van der Waals surface area contributed by atoms with E-state index in [0.717, 1.165) is 59.7 Å². The first-order valence-electron chi connectivity index (χ1n) is 10.3. The van der Waals surface area contributed by atoms with Crippen molar-refractivity contribution in [2.45, 2.75) is 25.8 Å². The Balaban J connectivity index is 1.63. The average Bonchev–Trinajstić information content (AvgIpc) is 3.15. The Morgan fingerprint density at radius 1 is 1.06 bits per heavy atom. The highest BCUT2D eigenvalue weighted by Gasteiger charge is 2.18. The molecule has 1 aliphatic heterocycles. The first-order chi connectivity index (χ1) is 15.1. The van der Waals surface area contributed by atoms with Crippen LogP contribution in [0.4, 0.5) is 5.95 Å². The molecule has 6 nitrogen and oxygen atoms in total. The van der Waals surface area contributed by atoms with Crippen molar-refractivity contribution >= 4 is 40.2 Å². The molecular formula is C23H22Cl2N6. The summed E-state index contributed by atoms with van der Waals surface area (Å²) < 4.78 is 2.05. The minimum Gasteiger partial charge on any atom is -0.350 e. The molecule has 8 heteroatoms. The van der Waals surface area contributed by atoms with Crippen molar-refractivity contribution in [3.63, 3.8) is 0 Å². The van der Waals surface area contributed by atoms with E-state index in [1.807, 2.05) is 28.8 Å². The lowest BCUT2D eigenvalue weighted by Crippen LogP contribution is -2.38. The van der Waals surface area contributed by atoms with Gasteiger partial charge in [-0.15, -0.1) is 0 Å². The molecule has 2 aromatic heterocycles. The maximum atomic E-state index is 6.31. The summed E-state index contributed by atoms with van der Waals surface area (Å²) in [4.78, 5) is 14.2. The van der Waals surface area contributed by atoms with E-state index in [4.69, 9.17) is 33.2 Å². The number of hydrogen-bond donors (Lipinski definition) is 2. The van der Waals surface area contributed by atoms with Crippen LogP contribution in [0.5, 0.6) is 0 Å². The number of imidazole rings is 1. The number of nitrogens with one attached hydrogen (secondary N) is 2. The summed E-state index contributed by atoms with van der Waals surface area (Å²) in [7, 11) is 0. The zero-order valence-corrected chi connectivity index (χ0v) is 18.6. The van der Waals surface area contributed by atoms with E-state index in [9.17, 15) is 0 Å². The second kappa shape index (κ2) is 8.46. The van der Waals surface area contributed by atoms with E-state index in [1.54, 1.807) is 12.3 Å². The summed E-state index contributed by atoms with van der Waals surface area (Å²) in [5.74, 6) is 2.11. The first-order valence-corrected chi connectivity index (χ1v) is 11.1. The van der Waals surface area contributed by atoms with Gasteiger partial charge in [-0.25, -0.2) is 9.97 Å². The van der Waals surface area contributed by atoms with Crippen molar-refractivity contribution < 1.29 is 0 Å². The zero-order chi connectivity index (χ0) is 21.4.